The SMILES string of the molecule is CCCNC(=O)c1ccc(NC(=O)C[C@@H]2CCCO2)cc1Cl. The second kappa shape index (κ2) is 8.15. The van der Waals surface area contributed by atoms with Crippen LogP contribution in [-0.4, -0.2) is 31.1 Å². The lowest BCUT2D eigenvalue weighted by Gasteiger charge is -2.11. The van der Waals surface area contributed by atoms with E-state index in [1.165, 1.54) is 0 Å². The topological polar surface area (TPSA) is 67.4 Å². The maximum Gasteiger partial charge on any atom is 0.252 e. The highest BCUT2D eigenvalue weighted by Gasteiger charge is 2.19. The summed E-state index contributed by atoms with van der Waals surface area (Å²) in [6, 6.07) is 4.89. The van der Waals surface area contributed by atoms with Crippen LogP contribution in [0.1, 0.15) is 43.0 Å². The van der Waals surface area contributed by atoms with Crippen LogP contribution < -0.4 is 10.6 Å². The van der Waals surface area contributed by atoms with Gasteiger partial charge in [-0.3, -0.25) is 9.59 Å². The van der Waals surface area contributed by atoms with Gasteiger partial charge in [0.15, 0.2) is 0 Å². The Balaban J connectivity index is 1.93. The van der Waals surface area contributed by atoms with Crippen molar-refractivity contribution in [3.8, 4) is 0 Å². The predicted molar refractivity (Wildman–Crippen MR) is 86.3 cm³/mol. The summed E-state index contributed by atoms with van der Waals surface area (Å²) in [5, 5.41) is 5.88. The number of carbonyl (C=O) groups excluding carboxylic acids is 2. The summed E-state index contributed by atoms with van der Waals surface area (Å²) in [4.78, 5) is 23.8. The first-order chi connectivity index (χ1) is 10.6. The first-order valence-corrected chi connectivity index (χ1v) is 7.97. The van der Waals surface area contributed by atoms with Crippen LogP contribution in [0, 0.1) is 0 Å². The number of hydrogen-bond donors (Lipinski definition) is 2. The molecule has 2 rings (SSSR count). The third-order valence-electron chi connectivity index (χ3n) is 3.47. The minimum Gasteiger partial charge on any atom is -0.378 e. The van der Waals surface area contributed by atoms with Crippen molar-refractivity contribution in [1.29, 1.82) is 0 Å². The molecule has 1 saturated heterocycles. The Hall–Kier alpha value is -1.59. The second-order valence-electron chi connectivity index (χ2n) is 5.34. The van der Waals surface area contributed by atoms with Crippen molar-refractivity contribution in [2.24, 2.45) is 0 Å². The molecule has 5 nitrogen and oxygen atoms in total. The van der Waals surface area contributed by atoms with E-state index in [1.807, 2.05) is 6.92 Å². The van der Waals surface area contributed by atoms with Crippen molar-refractivity contribution in [1.82, 2.24) is 5.32 Å². The molecule has 1 heterocycles. The van der Waals surface area contributed by atoms with Crippen LogP contribution in [0.5, 0.6) is 0 Å². The standard InChI is InChI=1S/C16H21ClN2O3/c1-2-7-18-16(21)13-6-5-11(9-14(13)17)19-15(20)10-12-4-3-8-22-12/h5-6,9,12H,2-4,7-8,10H2,1H3,(H,18,21)(H,19,20)/t12-/m0/s1. The van der Waals surface area contributed by atoms with E-state index in [4.69, 9.17) is 16.3 Å². The van der Waals surface area contributed by atoms with Crippen molar-refractivity contribution in [3.05, 3.63) is 28.8 Å². The van der Waals surface area contributed by atoms with Gasteiger partial charge in [-0.1, -0.05) is 18.5 Å². The molecule has 120 valence electrons. The highest BCUT2D eigenvalue weighted by molar-refractivity contribution is 6.34. The van der Waals surface area contributed by atoms with Crippen LogP contribution in [0.4, 0.5) is 5.69 Å². The first-order valence-electron chi connectivity index (χ1n) is 7.59. The van der Waals surface area contributed by atoms with Gasteiger partial charge >= 0.3 is 0 Å². The summed E-state index contributed by atoms with van der Waals surface area (Å²) >= 11 is 6.12. The molecule has 1 aliphatic heterocycles. The number of carbonyl (C=O) groups is 2. The van der Waals surface area contributed by atoms with Gasteiger partial charge in [0.1, 0.15) is 0 Å². The number of anilines is 1. The van der Waals surface area contributed by atoms with E-state index in [1.54, 1.807) is 18.2 Å². The summed E-state index contributed by atoms with van der Waals surface area (Å²) in [7, 11) is 0. The highest BCUT2D eigenvalue weighted by Crippen LogP contribution is 2.22. The largest absolute Gasteiger partial charge is 0.378 e. The fourth-order valence-corrected chi connectivity index (χ4v) is 2.60. The monoisotopic (exact) mass is 324 g/mol. The van der Waals surface area contributed by atoms with Gasteiger partial charge in [0.2, 0.25) is 5.91 Å². The van der Waals surface area contributed by atoms with Crippen molar-refractivity contribution in [3.63, 3.8) is 0 Å². The van der Waals surface area contributed by atoms with E-state index in [0.29, 0.717) is 29.2 Å². The molecule has 0 aliphatic carbocycles. The molecule has 1 atom stereocenters. The van der Waals surface area contributed by atoms with Crippen LogP contribution in [0.2, 0.25) is 5.02 Å². The maximum atomic E-state index is 11.9. The number of hydrogen-bond acceptors (Lipinski definition) is 3. The molecule has 22 heavy (non-hydrogen) atoms. The smallest absolute Gasteiger partial charge is 0.252 e. The summed E-state index contributed by atoms with van der Waals surface area (Å²) in [6.07, 6.45) is 3.14. The molecule has 0 bridgehead atoms. The molecule has 0 radical (unpaired) electrons. The Morgan fingerprint density at radius 1 is 1.41 bits per heavy atom. The fraction of sp³-hybridized carbons (Fsp3) is 0.500. The number of benzene rings is 1. The van der Waals surface area contributed by atoms with Crippen LogP contribution >= 0.6 is 11.6 Å². The lowest BCUT2D eigenvalue weighted by atomic mass is 10.1. The molecule has 1 fully saturated rings. The van der Waals surface area contributed by atoms with E-state index < -0.39 is 0 Å². The van der Waals surface area contributed by atoms with Gasteiger partial charge in [0.05, 0.1) is 23.1 Å². The molecule has 6 heteroatoms. The highest BCUT2D eigenvalue weighted by atomic mass is 35.5. The maximum absolute atomic E-state index is 11.9. The quantitative estimate of drug-likeness (QED) is 0.845. The van der Waals surface area contributed by atoms with Gasteiger partial charge in [-0.25, -0.2) is 0 Å². The minimum absolute atomic E-state index is 0.00886. The first kappa shape index (κ1) is 16.8. The molecule has 1 aliphatic rings. The molecule has 0 unspecified atom stereocenters. The Morgan fingerprint density at radius 3 is 2.86 bits per heavy atom. The van der Waals surface area contributed by atoms with Crippen molar-refractivity contribution in [2.45, 2.75) is 38.7 Å². The molecular weight excluding hydrogens is 304 g/mol. The molecule has 1 aromatic carbocycles. The molecule has 2 amide bonds. The van der Waals surface area contributed by atoms with Gasteiger partial charge in [0.25, 0.3) is 5.91 Å². The van der Waals surface area contributed by atoms with Gasteiger partial charge in [-0.05, 0) is 37.5 Å². The molecule has 1 aromatic rings. The van der Waals surface area contributed by atoms with Gasteiger partial charge in [0, 0.05) is 18.8 Å². The van der Waals surface area contributed by atoms with Crippen molar-refractivity contribution < 1.29 is 14.3 Å². The average Bonchev–Trinajstić information content (AvgIpc) is 2.97. The fourth-order valence-electron chi connectivity index (χ4n) is 2.33. The zero-order valence-corrected chi connectivity index (χ0v) is 13.4. The van der Waals surface area contributed by atoms with E-state index in [-0.39, 0.29) is 17.9 Å². The van der Waals surface area contributed by atoms with Gasteiger partial charge < -0.3 is 15.4 Å². The lowest BCUT2D eigenvalue weighted by Crippen LogP contribution is -2.24. The van der Waals surface area contributed by atoms with Crippen LogP contribution in [0.25, 0.3) is 0 Å². The number of rotatable bonds is 6. The van der Waals surface area contributed by atoms with Crippen LogP contribution in [-0.2, 0) is 9.53 Å². The number of ether oxygens (including phenoxy) is 1. The Labute approximate surface area is 135 Å². The summed E-state index contributed by atoms with van der Waals surface area (Å²) in [5.74, 6) is -0.310. The normalized spacial score (nSPS) is 17.3. The Bertz CT molecular complexity index is 542. The molecule has 0 aromatic heterocycles. The Kier molecular flexibility index (Phi) is 6.21. The van der Waals surface area contributed by atoms with Crippen LogP contribution in [0.3, 0.4) is 0 Å². The lowest BCUT2D eigenvalue weighted by molar-refractivity contribution is -0.118. The second-order valence-corrected chi connectivity index (χ2v) is 5.75. The molecule has 2 N–H and O–H groups in total. The number of halogens is 1. The number of nitrogens with one attached hydrogen (secondary N) is 2. The van der Waals surface area contributed by atoms with E-state index in [9.17, 15) is 9.59 Å². The third kappa shape index (κ3) is 4.71. The molecule has 0 spiro atoms. The average molecular weight is 325 g/mol. The summed E-state index contributed by atoms with van der Waals surface area (Å²) < 4.78 is 5.43. The van der Waals surface area contributed by atoms with Crippen LogP contribution in [0.15, 0.2) is 18.2 Å². The summed E-state index contributed by atoms with van der Waals surface area (Å²) in [6.45, 7) is 3.31. The third-order valence-corrected chi connectivity index (χ3v) is 3.78. The van der Waals surface area contributed by atoms with E-state index >= 15 is 0 Å². The Morgan fingerprint density at radius 2 is 2.23 bits per heavy atom. The van der Waals surface area contributed by atoms with Gasteiger partial charge in [-0.15, -0.1) is 0 Å². The zero-order valence-electron chi connectivity index (χ0n) is 12.7. The van der Waals surface area contributed by atoms with E-state index in [2.05, 4.69) is 10.6 Å². The minimum atomic E-state index is -0.205. The summed E-state index contributed by atoms with van der Waals surface area (Å²) in [5.41, 5.74) is 0.993. The van der Waals surface area contributed by atoms with Gasteiger partial charge in [-0.2, -0.15) is 0 Å². The number of amides is 2. The molecule has 0 saturated carbocycles. The van der Waals surface area contributed by atoms with Crippen molar-refractivity contribution in [2.75, 3.05) is 18.5 Å². The zero-order chi connectivity index (χ0) is 15.9. The molecular formula is C16H21ClN2O3. The predicted octanol–water partition coefficient (Wildman–Crippen LogP) is 2.99. The van der Waals surface area contributed by atoms with Crippen molar-refractivity contribution >= 4 is 29.1 Å². The van der Waals surface area contributed by atoms with E-state index in [0.717, 1.165) is 25.9 Å².